The van der Waals surface area contributed by atoms with Crippen LogP contribution < -0.4 is 10.6 Å². The molecule has 4 rings (SSSR count). The zero-order valence-corrected chi connectivity index (χ0v) is 15.6. The molecule has 5 heteroatoms. The largest absolute Gasteiger partial charge is 0.348 e. The Morgan fingerprint density at radius 3 is 2.33 bits per heavy atom. The zero-order valence-electron chi connectivity index (χ0n) is 14.8. The molecule has 0 radical (unpaired) electrons. The van der Waals surface area contributed by atoms with Gasteiger partial charge in [0.25, 0.3) is 11.8 Å². The Balaban J connectivity index is 1.56. The summed E-state index contributed by atoms with van der Waals surface area (Å²) >= 11 is 1.53. The van der Waals surface area contributed by atoms with Gasteiger partial charge in [0.15, 0.2) is 0 Å². The van der Waals surface area contributed by atoms with Gasteiger partial charge in [0.1, 0.15) is 5.00 Å². The van der Waals surface area contributed by atoms with E-state index in [0.717, 1.165) is 30.4 Å². The highest BCUT2D eigenvalue weighted by Gasteiger charge is 2.27. The number of fused-ring (bicyclic) bond motifs is 1. The van der Waals surface area contributed by atoms with Crippen LogP contribution in [0.15, 0.2) is 60.7 Å². The van der Waals surface area contributed by atoms with Gasteiger partial charge in [-0.15, -0.1) is 11.3 Å². The van der Waals surface area contributed by atoms with Crippen molar-refractivity contribution in [2.24, 2.45) is 0 Å². The van der Waals surface area contributed by atoms with Gasteiger partial charge in [0, 0.05) is 17.0 Å². The standard InChI is InChI=1S/C22H20N2O2S/c25-20(16-10-5-2-6-11-16)24-22-19(17-12-7-13-18(17)27-22)21(26)23-14-15-8-3-1-4-9-15/h1-6,8-11H,7,12-14H2,(H,23,26)(H,24,25). The predicted octanol–water partition coefficient (Wildman–Crippen LogP) is 4.42. The summed E-state index contributed by atoms with van der Waals surface area (Å²) in [6.07, 6.45) is 2.92. The Morgan fingerprint density at radius 2 is 1.59 bits per heavy atom. The maximum Gasteiger partial charge on any atom is 0.256 e. The number of benzene rings is 2. The molecule has 27 heavy (non-hydrogen) atoms. The second-order valence-electron chi connectivity index (χ2n) is 6.55. The van der Waals surface area contributed by atoms with Crippen LogP contribution in [-0.4, -0.2) is 11.8 Å². The van der Waals surface area contributed by atoms with E-state index < -0.39 is 0 Å². The molecule has 3 aromatic rings. The van der Waals surface area contributed by atoms with Crippen LogP contribution in [0.25, 0.3) is 0 Å². The van der Waals surface area contributed by atoms with Crippen molar-refractivity contribution < 1.29 is 9.59 Å². The first-order valence-electron chi connectivity index (χ1n) is 9.05. The van der Waals surface area contributed by atoms with Crippen LogP contribution in [0.1, 0.15) is 43.1 Å². The Morgan fingerprint density at radius 1 is 0.889 bits per heavy atom. The first-order valence-corrected chi connectivity index (χ1v) is 9.87. The smallest absolute Gasteiger partial charge is 0.256 e. The highest BCUT2D eigenvalue weighted by molar-refractivity contribution is 7.17. The normalized spacial score (nSPS) is 12.4. The number of hydrogen-bond donors (Lipinski definition) is 2. The summed E-state index contributed by atoms with van der Waals surface area (Å²) in [6.45, 7) is 0.469. The van der Waals surface area contributed by atoms with E-state index in [2.05, 4.69) is 10.6 Å². The van der Waals surface area contributed by atoms with Crippen molar-refractivity contribution in [3.8, 4) is 0 Å². The van der Waals surface area contributed by atoms with Crippen molar-refractivity contribution in [2.75, 3.05) is 5.32 Å². The number of hydrogen-bond acceptors (Lipinski definition) is 3. The highest BCUT2D eigenvalue weighted by atomic mass is 32.1. The molecule has 0 bridgehead atoms. The third kappa shape index (κ3) is 3.78. The lowest BCUT2D eigenvalue weighted by atomic mass is 10.1. The number of amides is 2. The van der Waals surface area contributed by atoms with E-state index in [0.29, 0.717) is 22.7 Å². The third-order valence-corrected chi connectivity index (χ3v) is 5.91. The first kappa shape index (κ1) is 17.5. The highest BCUT2D eigenvalue weighted by Crippen LogP contribution is 2.39. The molecule has 2 N–H and O–H groups in total. The molecular formula is C22H20N2O2S. The van der Waals surface area contributed by atoms with Crippen LogP contribution >= 0.6 is 11.3 Å². The fourth-order valence-corrected chi connectivity index (χ4v) is 4.65. The van der Waals surface area contributed by atoms with Crippen molar-refractivity contribution in [1.29, 1.82) is 0 Å². The molecular weight excluding hydrogens is 356 g/mol. The maximum absolute atomic E-state index is 12.9. The molecule has 0 aliphatic heterocycles. The van der Waals surface area contributed by atoms with Gasteiger partial charge in [-0.25, -0.2) is 0 Å². The summed E-state index contributed by atoms with van der Waals surface area (Å²) in [5.41, 5.74) is 3.36. The molecule has 0 saturated carbocycles. The van der Waals surface area contributed by atoms with Crippen molar-refractivity contribution in [3.63, 3.8) is 0 Å². The summed E-state index contributed by atoms with van der Waals surface area (Å²) in [6, 6.07) is 18.9. The number of nitrogens with one attached hydrogen (secondary N) is 2. The minimum Gasteiger partial charge on any atom is -0.348 e. The summed E-state index contributed by atoms with van der Waals surface area (Å²) in [4.78, 5) is 26.7. The van der Waals surface area contributed by atoms with Crippen molar-refractivity contribution >= 4 is 28.2 Å². The summed E-state index contributed by atoms with van der Waals surface area (Å²) in [5, 5.41) is 6.61. The number of carbonyl (C=O) groups excluding carboxylic acids is 2. The molecule has 0 saturated heterocycles. The topological polar surface area (TPSA) is 58.2 Å². The van der Waals surface area contributed by atoms with E-state index in [-0.39, 0.29) is 11.8 Å². The predicted molar refractivity (Wildman–Crippen MR) is 108 cm³/mol. The molecule has 136 valence electrons. The SMILES string of the molecule is O=C(Nc1sc2c(c1C(=O)NCc1ccccc1)CCC2)c1ccccc1. The Labute approximate surface area is 162 Å². The quantitative estimate of drug-likeness (QED) is 0.693. The number of rotatable bonds is 5. The fraction of sp³-hybridized carbons (Fsp3) is 0.182. The van der Waals surface area contributed by atoms with Gasteiger partial charge in [-0.2, -0.15) is 0 Å². The third-order valence-electron chi connectivity index (χ3n) is 4.71. The molecule has 0 atom stereocenters. The second kappa shape index (κ2) is 7.76. The Kier molecular flexibility index (Phi) is 5.03. The van der Waals surface area contributed by atoms with Crippen LogP contribution in [0.4, 0.5) is 5.00 Å². The average Bonchev–Trinajstić information content (AvgIpc) is 3.28. The molecule has 2 aromatic carbocycles. The van der Waals surface area contributed by atoms with Crippen molar-refractivity contribution in [2.45, 2.75) is 25.8 Å². The number of carbonyl (C=O) groups is 2. The zero-order chi connectivity index (χ0) is 18.6. The van der Waals surface area contributed by atoms with Gasteiger partial charge in [-0.3, -0.25) is 9.59 Å². The van der Waals surface area contributed by atoms with E-state index in [1.165, 1.54) is 16.2 Å². The second-order valence-corrected chi connectivity index (χ2v) is 7.66. The molecule has 4 nitrogen and oxygen atoms in total. The van der Waals surface area contributed by atoms with Gasteiger partial charge < -0.3 is 10.6 Å². The fourth-order valence-electron chi connectivity index (χ4n) is 3.36. The molecule has 1 aromatic heterocycles. The molecule has 0 unspecified atom stereocenters. The number of anilines is 1. The molecule has 2 amide bonds. The van der Waals surface area contributed by atoms with Crippen molar-refractivity contribution in [1.82, 2.24) is 5.32 Å². The van der Waals surface area contributed by atoms with Crippen LogP contribution in [0.5, 0.6) is 0 Å². The Bertz CT molecular complexity index is 965. The number of aryl methyl sites for hydroxylation is 1. The van der Waals surface area contributed by atoms with Gasteiger partial charge in [-0.1, -0.05) is 48.5 Å². The summed E-state index contributed by atoms with van der Waals surface area (Å²) in [7, 11) is 0. The summed E-state index contributed by atoms with van der Waals surface area (Å²) < 4.78 is 0. The minimum absolute atomic E-state index is 0.124. The van der Waals surface area contributed by atoms with E-state index in [1.807, 2.05) is 48.5 Å². The lowest BCUT2D eigenvalue weighted by Gasteiger charge is -2.10. The van der Waals surface area contributed by atoms with Crippen molar-refractivity contribution in [3.05, 3.63) is 87.8 Å². The van der Waals surface area contributed by atoms with Crippen LogP contribution in [0, 0.1) is 0 Å². The minimum atomic E-state index is -0.187. The lowest BCUT2D eigenvalue weighted by molar-refractivity contribution is 0.0951. The number of thiophene rings is 1. The first-order chi connectivity index (χ1) is 13.2. The van der Waals surface area contributed by atoms with E-state index in [1.54, 1.807) is 12.1 Å². The van der Waals surface area contributed by atoms with E-state index >= 15 is 0 Å². The lowest BCUT2D eigenvalue weighted by Crippen LogP contribution is -2.25. The Hall–Kier alpha value is -2.92. The van der Waals surface area contributed by atoms with Gasteiger partial charge in [0.05, 0.1) is 5.56 Å². The van der Waals surface area contributed by atoms with Crippen LogP contribution in [0.3, 0.4) is 0 Å². The van der Waals surface area contributed by atoms with Crippen LogP contribution in [0.2, 0.25) is 0 Å². The van der Waals surface area contributed by atoms with Gasteiger partial charge in [-0.05, 0) is 42.5 Å². The monoisotopic (exact) mass is 376 g/mol. The van der Waals surface area contributed by atoms with Gasteiger partial charge >= 0.3 is 0 Å². The van der Waals surface area contributed by atoms with Crippen LogP contribution in [-0.2, 0) is 19.4 Å². The maximum atomic E-state index is 12.9. The molecule has 1 aliphatic carbocycles. The van der Waals surface area contributed by atoms with E-state index in [9.17, 15) is 9.59 Å². The van der Waals surface area contributed by atoms with E-state index in [4.69, 9.17) is 0 Å². The molecule has 1 heterocycles. The average molecular weight is 376 g/mol. The molecule has 0 spiro atoms. The molecule has 0 fully saturated rings. The molecule has 1 aliphatic rings. The van der Waals surface area contributed by atoms with Gasteiger partial charge in [0.2, 0.25) is 0 Å². The summed E-state index contributed by atoms with van der Waals surface area (Å²) in [5.74, 6) is -0.311.